The number of anilines is 1. The number of hydrogen-bond acceptors (Lipinski definition) is 4. The van der Waals surface area contributed by atoms with Gasteiger partial charge in [-0.2, -0.15) is 13.2 Å². The summed E-state index contributed by atoms with van der Waals surface area (Å²) in [5.41, 5.74) is -0.0658. The van der Waals surface area contributed by atoms with Gasteiger partial charge in [-0.1, -0.05) is 0 Å². The third-order valence-corrected chi connectivity index (χ3v) is 4.36. The SMILES string of the molecule is FC(F)(F)c1ccc(N2CCCC(N3CCOCC3)C2)cn1. The average molecular weight is 315 g/mol. The molecule has 1 atom stereocenters. The van der Waals surface area contributed by atoms with E-state index in [1.165, 1.54) is 12.3 Å². The molecule has 2 aliphatic rings. The first-order chi connectivity index (χ1) is 10.5. The number of piperidine rings is 1. The summed E-state index contributed by atoms with van der Waals surface area (Å²) in [6, 6.07) is 3.03. The smallest absolute Gasteiger partial charge is 0.379 e. The summed E-state index contributed by atoms with van der Waals surface area (Å²) in [6.07, 6.45) is -0.866. The summed E-state index contributed by atoms with van der Waals surface area (Å²) in [5.74, 6) is 0. The van der Waals surface area contributed by atoms with Crippen LogP contribution in [0.4, 0.5) is 18.9 Å². The molecule has 0 radical (unpaired) electrons. The number of alkyl halides is 3. The molecular weight excluding hydrogens is 295 g/mol. The van der Waals surface area contributed by atoms with Gasteiger partial charge in [0.25, 0.3) is 0 Å². The zero-order valence-electron chi connectivity index (χ0n) is 12.4. The highest BCUT2D eigenvalue weighted by Gasteiger charge is 2.32. The molecule has 0 aliphatic carbocycles. The predicted molar refractivity (Wildman–Crippen MR) is 76.9 cm³/mol. The molecule has 4 nitrogen and oxygen atoms in total. The summed E-state index contributed by atoms with van der Waals surface area (Å²) in [4.78, 5) is 8.12. The van der Waals surface area contributed by atoms with Gasteiger partial charge >= 0.3 is 6.18 Å². The molecule has 7 heteroatoms. The lowest BCUT2D eigenvalue weighted by Gasteiger charge is -2.41. The Balaban J connectivity index is 1.66. The fourth-order valence-corrected chi connectivity index (χ4v) is 3.17. The highest BCUT2D eigenvalue weighted by Crippen LogP contribution is 2.29. The van der Waals surface area contributed by atoms with Crippen LogP contribution in [0.15, 0.2) is 18.3 Å². The molecule has 1 aromatic rings. The fourth-order valence-electron chi connectivity index (χ4n) is 3.17. The largest absolute Gasteiger partial charge is 0.433 e. The molecule has 22 heavy (non-hydrogen) atoms. The maximum Gasteiger partial charge on any atom is 0.433 e. The molecule has 1 unspecified atom stereocenters. The third-order valence-electron chi connectivity index (χ3n) is 4.36. The number of halogens is 3. The van der Waals surface area contributed by atoms with Crippen LogP contribution >= 0.6 is 0 Å². The van der Waals surface area contributed by atoms with Crippen molar-refractivity contribution in [1.82, 2.24) is 9.88 Å². The summed E-state index contributed by atoms with van der Waals surface area (Å²) in [6.45, 7) is 5.10. The van der Waals surface area contributed by atoms with Gasteiger partial charge in [0.05, 0.1) is 25.1 Å². The number of morpholine rings is 1. The van der Waals surface area contributed by atoms with Crippen LogP contribution in [0.1, 0.15) is 18.5 Å². The van der Waals surface area contributed by atoms with Gasteiger partial charge in [-0.15, -0.1) is 0 Å². The van der Waals surface area contributed by atoms with Gasteiger partial charge in [0, 0.05) is 32.2 Å². The van der Waals surface area contributed by atoms with E-state index >= 15 is 0 Å². The number of ether oxygens (including phenoxy) is 1. The first-order valence-electron chi connectivity index (χ1n) is 7.64. The Morgan fingerprint density at radius 2 is 1.91 bits per heavy atom. The van der Waals surface area contributed by atoms with Crippen LogP contribution in [0, 0.1) is 0 Å². The molecule has 122 valence electrons. The lowest BCUT2D eigenvalue weighted by molar-refractivity contribution is -0.141. The standard InChI is InChI=1S/C15H20F3N3O/c16-15(17,18)14-4-3-12(10-19-14)21-5-1-2-13(11-21)20-6-8-22-9-7-20/h3-4,10,13H,1-2,5-9,11H2. The van der Waals surface area contributed by atoms with Crippen molar-refractivity contribution in [3.63, 3.8) is 0 Å². The average Bonchev–Trinajstić information content (AvgIpc) is 2.55. The minimum Gasteiger partial charge on any atom is -0.379 e. The first-order valence-corrected chi connectivity index (χ1v) is 7.64. The van der Waals surface area contributed by atoms with E-state index in [0.717, 1.165) is 64.0 Å². The maximum absolute atomic E-state index is 12.6. The highest BCUT2D eigenvalue weighted by atomic mass is 19.4. The molecule has 3 heterocycles. The second-order valence-corrected chi connectivity index (χ2v) is 5.79. The van der Waals surface area contributed by atoms with Crippen LogP contribution in [-0.2, 0) is 10.9 Å². The Labute approximate surface area is 127 Å². The van der Waals surface area contributed by atoms with E-state index < -0.39 is 11.9 Å². The maximum atomic E-state index is 12.6. The van der Waals surface area contributed by atoms with Crippen molar-refractivity contribution >= 4 is 5.69 Å². The molecule has 0 saturated carbocycles. The Hall–Kier alpha value is -1.34. The van der Waals surface area contributed by atoms with Gasteiger partial charge in [0.2, 0.25) is 0 Å². The zero-order valence-corrected chi connectivity index (χ0v) is 12.4. The number of nitrogens with zero attached hydrogens (tertiary/aromatic N) is 3. The molecule has 0 N–H and O–H groups in total. The summed E-state index contributed by atoms with van der Waals surface area (Å²) >= 11 is 0. The highest BCUT2D eigenvalue weighted by molar-refractivity contribution is 5.45. The third kappa shape index (κ3) is 3.52. The van der Waals surface area contributed by atoms with Crippen LogP contribution in [-0.4, -0.2) is 55.3 Å². The second-order valence-electron chi connectivity index (χ2n) is 5.79. The van der Waals surface area contributed by atoms with Crippen molar-refractivity contribution in [3.05, 3.63) is 24.0 Å². The van der Waals surface area contributed by atoms with Crippen molar-refractivity contribution < 1.29 is 17.9 Å². The minimum atomic E-state index is -4.38. The zero-order chi connectivity index (χ0) is 15.6. The summed E-state index contributed by atoms with van der Waals surface area (Å²) in [5, 5.41) is 0. The lowest BCUT2D eigenvalue weighted by Crippen LogP contribution is -2.51. The van der Waals surface area contributed by atoms with Gasteiger partial charge in [-0.25, -0.2) is 4.98 Å². The molecular formula is C15H20F3N3O. The van der Waals surface area contributed by atoms with E-state index in [1.54, 1.807) is 0 Å². The number of aromatic nitrogens is 1. The molecule has 2 saturated heterocycles. The number of rotatable bonds is 2. The summed E-state index contributed by atoms with van der Waals surface area (Å²) in [7, 11) is 0. The van der Waals surface area contributed by atoms with Crippen LogP contribution in [0.3, 0.4) is 0 Å². The van der Waals surface area contributed by atoms with Crippen LogP contribution in [0.2, 0.25) is 0 Å². The van der Waals surface area contributed by atoms with Gasteiger partial charge in [-0.05, 0) is 25.0 Å². The molecule has 2 fully saturated rings. The normalized spacial score (nSPS) is 24.5. The lowest BCUT2D eigenvalue weighted by atomic mass is 10.0. The van der Waals surface area contributed by atoms with Gasteiger partial charge in [0.15, 0.2) is 0 Å². The Morgan fingerprint density at radius 1 is 1.14 bits per heavy atom. The molecule has 0 aromatic carbocycles. The van der Waals surface area contributed by atoms with Gasteiger partial charge < -0.3 is 9.64 Å². The molecule has 0 spiro atoms. The second kappa shape index (κ2) is 6.42. The van der Waals surface area contributed by atoms with Crippen molar-refractivity contribution in [1.29, 1.82) is 0 Å². The quantitative estimate of drug-likeness (QED) is 0.838. The minimum absolute atomic E-state index is 0.444. The van der Waals surface area contributed by atoms with E-state index in [2.05, 4.69) is 14.8 Å². The number of hydrogen-bond donors (Lipinski definition) is 0. The molecule has 0 bridgehead atoms. The van der Waals surface area contributed by atoms with Crippen LogP contribution < -0.4 is 4.90 Å². The topological polar surface area (TPSA) is 28.6 Å². The van der Waals surface area contributed by atoms with E-state index in [1.807, 2.05) is 0 Å². The van der Waals surface area contributed by atoms with E-state index in [4.69, 9.17) is 4.74 Å². The fraction of sp³-hybridized carbons (Fsp3) is 0.667. The molecule has 0 amide bonds. The van der Waals surface area contributed by atoms with Crippen molar-refractivity contribution in [2.24, 2.45) is 0 Å². The van der Waals surface area contributed by atoms with E-state index in [9.17, 15) is 13.2 Å². The van der Waals surface area contributed by atoms with E-state index in [0.29, 0.717) is 6.04 Å². The van der Waals surface area contributed by atoms with E-state index in [-0.39, 0.29) is 0 Å². The van der Waals surface area contributed by atoms with Crippen molar-refractivity contribution in [3.8, 4) is 0 Å². The Bertz CT molecular complexity index is 486. The number of pyridine rings is 1. The van der Waals surface area contributed by atoms with Crippen LogP contribution in [0.5, 0.6) is 0 Å². The molecule has 1 aromatic heterocycles. The Kier molecular flexibility index (Phi) is 4.54. The van der Waals surface area contributed by atoms with Gasteiger partial charge in [-0.3, -0.25) is 4.90 Å². The van der Waals surface area contributed by atoms with Crippen molar-refractivity contribution in [2.75, 3.05) is 44.3 Å². The van der Waals surface area contributed by atoms with Crippen molar-refractivity contribution in [2.45, 2.75) is 25.1 Å². The molecule has 3 rings (SSSR count). The monoisotopic (exact) mass is 315 g/mol. The predicted octanol–water partition coefficient (Wildman–Crippen LogP) is 2.40. The Morgan fingerprint density at radius 3 is 2.55 bits per heavy atom. The molecule has 2 aliphatic heterocycles. The van der Waals surface area contributed by atoms with Crippen LogP contribution in [0.25, 0.3) is 0 Å². The first kappa shape index (κ1) is 15.6. The van der Waals surface area contributed by atoms with Gasteiger partial charge in [0.1, 0.15) is 5.69 Å². The summed E-state index contributed by atoms with van der Waals surface area (Å²) < 4.78 is 43.1.